The predicted octanol–water partition coefficient (Wildman–Crippen LogP) is 4.22. The summed E-state index contributed by atoms with van der Waals surface area (Å²) in [5.41, 5.74) is 10.5. The minimum absolute atomic E-state index is 0.358. The number of amides is 1. The van der Waals surface area contributed by atoms with E-state index in [1.54, 1.807) is 12.4 Å². The number of fused-ring (bicyclic) bond motifs is 2. The Bertz CT molecular complexity index is 1580. The van der Waals surface area contributed by atoms with Crippen LogP contribution in [-0.2, 0) is 4.74 Å². The van der Waals surface area contributed by atoms with E-state index in [0.717, 1.165) is 35.4 Å². The second kappa shape index (κ2) is 8.65. The summed E-state index contributed by atoms with van der Waals surface area (Å²) >= 11 is 6.48. The zero-order valence-corrected chi connectivity index (χ0v) is 19.4. The van der Waals surface area contributed by atoms with Crippen LogP contribution in [0.4, 0.5) is 5.69 Å². The van der Waals surface area contributed by atoms with Gasteiger partial charge in [0.25, 0.3) is 5.91 Å². The summed E-state index contributed by atoms with van der Waals surface area (Å²) in [5, 5.41) is 1.41. The second-order valence-electron chi connectivity index (χ2n) is 8.28. The van der Waals surface area contributed by atoms with Crippen LogP contribution in [0.2, 0.25) is 5.02 Å². The average molecular weight is 485 g/mol. The van der Waals surface area contributed by atoms with Crippen molar-refractivity contribution in [3.05, 3.63) is 77.6 Å². The van der Waals surface area contributed by atoms with Gasteiger partial charge in [-0.25, -0.2) is 4.98 Å². The molecule has 0 bridgehead atoms. The minimum Gasteiger partial charge on any atom is -0.378 e. The zero-order chi connectivity index (χ0) is 23.9. The monoisotopic (exact) mass is 484 g/mol. The number of carbonyl (C=O) groups excluding carboxylic acids is 1. The van der Waals surface area contributed by atoms with Crippen LogP contribution in [-0.4, -0.2) is 51.7 Å². The number of carbonyl (C=O) groups is 1. The maximum Gasteiger partial charge on any atom is 0.251 e. The Labute approximate surface area is 205 Å². The summed E-state index contributed by atoms with van der Waals surface area (Å²) in [5.74, 6) is 0.0552. The number of anilines is 1. The number of nitrogens with zero attached hydrogens (tertiary/aromatic N) is 5. The number of pyridine rings is 2. The molecule has 6 rings (SSSR count). The van der Waals surface area contributed by atoms with Crippen molar-refractivity contribution in [3.63, 3.8) is 0 Å². The number of aromatic nitrogens is 4. The predicted molar refractivity (Wildman–Crippen MR) is 136 cm³/mol. The summed E-state index contributed by atoms with van der Waals surface area (Å²) in [6.07, 6.45) is 3.44. The molecule has 35 heavy (non-hydrogen) atoms. The first-order valence-electron chi connectivity index (χ1n) is 11.3. The number of hydrogen-bond donors (Lipinski definition) is 1. The number of hydrogen-bond acceptors (Lipinski definition) is 6. The quantitative estimate of drug-likeness (QED) is 0.410. The first-order valence-corrected chi connectivity index (χ1v) is 11.6. The van der Waals surface area contributed by atoms with Gasteiger partial charge in [-0.1, -0.05) is 29.8 Å². The molecule has 2 aromatic carbocycles. The molecule has 2 N–H and O–H groups in total. The number of benzene rings is 2. The summed E-state index contributed by atoms with van der Waals surface area (Å²) < 4.78 is 7.53. The molecule has 8 nitrogen and oxygen atoms in total. The van der Waals surface area contributed by atoms with E-state index >= 15 is 0 Å². The molecule has 1 saturated heterocycles. The fourth-order valence-corrected chi connectivity index (χ4v) is 4.81. The van der Waals surface area contributed by atoms with Crippen molar-refractivity contribution in [1.82, 2.24) is 19.5 Å². The van der Waals surface area contributed by atoms with E-state index in [0.29, 0.717) is 46.4 Å². The fourth-order valence-electron chi connectivity index (χ4n) is 4.59. The Balaban J connectivity index is 1.72. The molecule has 1 amide bonds. The lowest BCUT2D eigenvalue weighted by molar-refractivity contribution is 0.100. The number of primary amides is 1. The number of nitrogens with two attached hydrogens (primary N) is 1. The third kappa shape index (κ3) is 3.67. The highest BCUT2D eigenvalue weighted by Gasteiger charge is 2.24. The van der Waals surface area contributed by atoms with Crippen molar-refractivity contribution in [1.29, 1.82) is 0 Å². The van der Waals surface area contributed by atoms with E-state index in [1.807, 2.05) is 59.2 Å². The molecular weight excluding hydrogens is 464 g/mol. The Hall–Kier alpha value is -4.01. The molecule has 4 heterocycles. The lowest BCUT2D eigenvalue weighted by atomic mass is 10.1. The fraction of sp³-hybridized carbons (Fsp3) is 0.154. The van der Waals surface area contributed by atoms with Crippen LogP contribution < -0.4 is 10.6 Å². The topological polar surface area (TPSA) is 99.2 Å². The molecule has 174 valence electrons. The zero-order valence-electron chi connectivity index (χ0n) is 18.7. The SMILES string of the molecule is NC(=O)c1cc(N2CCOCC2)cc2c1nc(-c1ccccn1)n2-c1ccnc2c(Cl)cccc12. The second-order valence-corrected chi connectivity index (χ2v) is 8.68. The number of para-hydroxylation sites is 1. The Morgan fingerprint density at radius 2 is 1.83 bits per heavy atom. The van der Waals surface area contributed by atoms with E-state index in [1.165, 1.54) is 0 Å². The van der Waals surface area contributed by atoms with Gasteiger partial charge in [-0.3, -0.25) is 19.3 Å². The Kier molecular flexibility index (Phi) is 5.32. The number of halogens is 1. The van der Waals surface area contributed by atoms with E-state index in [4.69, 9.17) is 27.1 Å². The van der Waals surface area contributed by atoms with Crippen molar-refractivity contribution in [2.45, 2.75) is 0 Å². The molecule has 0 radical (unpaired) electrons. The lowest BCUT2D eigenvalue weighted by Gasteiger charge is -2.29. The number of ether oxygens (including phenoxy) is 1. The molecule has 9 heteroatoms. The summed E-state index contributed by atoms with van der Waals surface area (Å²) in [6.45, 7) is 2.68. The molecular formula is C26H21ClN6O2. The maximum absolute atomic E-state index is 12.6. The smallest absolute Gasteiger partial charge is 0.251 e. The van der Waals surface area contributed by atoms with Crippen LogP contribution in [0.25, 0.3) is 39.1 Å². The van der Waals surface area contributed by atoms with Crippen molar-refractivity contribution < 1.29 is 9.53 Å². The molecule has 0 atom stereocenters. The largest absolute Gasteiger partial charge is 0.378 e. The highest BCUT2D eigenvalue weighted by Crippen LogP contribution is 2.36. The lowest BCUT2D eigenvalue weighted by Crippen LogP contribution is -2.36. The Morgan fingerprint density at radius 1 is 0.971 bits per heavy atom. The molecule has 5 aromatic rings. The molecule has 0 saturated carbocycles. The van der Waals surface area contributed by atoms with Crippen molar-refractivity contribution >= 4 is 45.1 Å². The standard InChI is InChI=1S/C26H21ClN6O2/c27-19-5-3-4-17-21(7-9-30-23(17)19)33-22-15-16(32-10-12-35-13-11-32)14-18(25(28)34)24(22)31-26(33)20-6-1-2-8-29-20/h1-9,14-15H,10-13H2,(H2,28,34). The molecule has 0 unspecified atom stereocenters. The molecule has 1 aliphatic heterocycles. The van der Waals surface area contributed by atoms with Gasteiger partial charge in [-0.2, -0.15) is 0 Å². The van der Waals surface area contributed by atoms with Gasteiger partial charge in [-0.05, 0) is 36.4 Å². The maximum atomic E-state index is 12.6. The van der Waals surface area contributed by atoms with Gasteiger partial charge in [0.15, 0.2) is 5.82 Å². The van der Waals surface area contributed by atoms with Gasteiger partial charge in [0.05, 0.1) is 40.5 Å². The highest BCUT2D eigenvalue weighted by atomic mass is 35.5. The van der Waals surface area contributed by atoms with Crippen LogP contribution in [0.1, 0.15) is 10.4 Å². The van der Waals surface area contributed by atoms with Crippen molar-refractivity contribution in [3.8, 4) is 17.2 Å². The number of morpholine rings is 1. The van der Waals surface area contributed by atoms with Crippen molar-refractivity contribution in [2.75, 3.05) is 31.2 Å². The van der Waals surface area contributed by atoms with Gasteiger partial charge in [0.1, 0.15) is 11.2 Å². The van der Waals surface area contributed by atoms with Crippen LogP contribution in [0.3, 0.4) is 0 Å². The van der Waals surface area contributed by atoms with Crippen LogP contribution in [0.5, 0.6) is 0 Å². The highest BCUT2D eigenvalue weighted by molar-refractivity contribution is 6.35. The third-order valence-electron chi connectivity index (χ3n) is 6.22. The Morgan fingerprint density at radius 3 is 2.60 bits per heavy atom. The van der Waals surface area contributed by atoms with Crippen LogP contribution in [0.15, 0.2) is 67.0 Å². The van der Waals surface area contributed by atoms with E-state index in [-0.39, 0.29) is 0 Å². The first-order chi connectivity index (χ1) is 17.1. The van der Waals surface area contributed by atoms with Crippen LogP contribution >= 0.6 is 11.6 Å². The summed E-state index contributed by atoms with van der Waals surface area (Å²) in [4.78, 5) is 28.7. The molecule has 1 fully saturated rings. The number of imidazole rings is 1. The first kappa shape index (κ1) is 21.5. The third-order valence-corrected chi connectivity index (χ3v) is 6.53. The van der Waals surface area contributed by atoms with Gasteiger partial charge >= 0.3 is 0 Å². The molecule has 1 aliphatic rings. The van der Waals surface area contributed by atoms with Gasteiger partial charge in [0, 0.05) is 36.6 Å². The molecule has 0 aliphatic carbocycles. The summed E-state index contributed by atoms with van der Waals surface area (Å²) in [7, 11) is 0. The van der Waals surface area contributed by atoms with E-state index in [2.05, 4.69) is 14.9 Å². The minimum atomic E-state index is -0.537. The normalized spacial score (nSPS) is 14.0. The van der Waals surface area contributed by atoms with Crippen LogP contribution in [0, 0.1) is 0 Å². The van der Waals surface area contributed by atoms with Gasteiger partial charge in [0.2, 0.25) is 0 Å². The van der Waals surface area contributed by atoms with E-state index < -0.39 is 5.91 Å². The summed E-state index contributed by atoms with van der Waals surface area (Å²) in [6, 6.07) is 17.1. The van der Waals surface area contributed by atoms with Gasteiger partial charge < -0.3 is 15.4 Å². The molecule has 3 aromatic heterocycles. The van der Waals surface area contributed by atoms with Crippen molar-refractivity contribution in [2.24, 2.45) is 5.73 Å². The van der Waals surface area contributed by atoms with E-state index in [9.17, 15) is 4.79 Å². The molecule has 0 spiro atoms. The van der Waals surface area contributed by atoms with Gasteiger partial charge in [-0.15, -0.1) is 0 Å². The average Bonchev–Trinajstić information content (AvgIpc) is 3.28. The number of rotatable bonds is 4.